The predicted octanol–water partition coefficient (Wildman–Crippen LogP) is 3.66. The van der Waals surface area contributed by atoms with Crippen LogP contribution in [-0.2, 0) is 4.79 Å². The second kappa shape index (κ2) is 6.89. The first-order chi connectivity index (χ1) is 10.7. The van der Waals surface area contributed by atoms with Crippen molar-refractivity contribution in [2.24, 2.45) is 0 Å². The highest BCUT2D eigenvalue weighted by Gasteiger charge is 2.12. The van der Waals surface area contributed by atoms with Crippen molar-refractivity contribution in [3.05, 3.63) is 54.4 Å². The summed E-state index contributed by atoms with van der Waals surface area (Å²) in [6.07, 6.45) is 1.73. The molecule has 2 aromatic heterocycles. The Balaban J connectivity index is 1.56. The third-order valence-electron chi connectivity index (χ3n) is 3.11. The molecule has 4 nitrogen and oxygen atoms in total. The van der Waals surface area contributed by atoms with Gasteiger partial charge in [0.15, 0.2) is 4.34 Å². The Morgan fingerprint density at radius 1 is 1.27 bits per heavy atom. The maximum Gasteiger partial charge on any atom is 0.230 e. The van der Waals surface area contributed by atoms with Gasteiger partial charge in [0.05, 0.1) is 27.7 Å². The first kappa shape index (κ1) is 15.0. The average molecular weight is 329 g/mol. The number of benzene rings is 1. The van der Waals surface area contributed by atoms with E-state index in [1.54, 1.807) is 17.5 Å². The summed E-state index contributed by atoms with van der Waals surface area (Å²) in [6, 6.07) is 13.6. The average Bonchev–Trinajstić information content (AvgIpc) is 2.96. The summed E-state index contributed by atoms with van der Waals surface area (Å²) in [5.74, 6) is 0.346. The summed E-state index contributed by atoms with van der Waals surface area (Å²) in [7, 11) is 0. The van der Waals surface area contributed by atoms with Gasteiger partial charge in [-0.05, 0) is 31.2 Å². The molecule has 3 aromatic rings. The molecule has 0 aliphatic heterocycles. The van der Waals surface area contributed by atoms with Crippen molar-refractivity contribution in [1.82, 2.24) is 15.3 Å². The summed E-state index contributed by atoms with van der Waals surface area (Å²) in [5.41, 5.74) is 1.85. The third-order valence-corrected chi connectivity index (χ3v) is 5.29. The number of hydrogen-bond donors (Lipinski definition) is 1. The largest absolute Gasteiger partial charge is 0.347 e. The summed E-state index contributed by atoms with van der Waals surface area (Å²) < 4.78 is 2.06. The Hall–Kier alpha value is -1.92. The minimum atomic E-state index is -0.0929. The zero-order valence-electron chi connectivity index (χ0n) is 12.0. The van der Waals surface area contributed by atoms with Gasteiger partial charge >= 0.3 is 0 Å². The number of nitrogens with one attached hydrogen (secondary N) is 1. The molecule has 1 N–H and O–H groups in total. The molecule has 3 rings (SSSR count). The van der Waals surface area contributed by atoms with Crippen molar-refractivity contribution in [3.8, 4) is 0 Å². The van der Waals surface area contributed by atoms with E-state index >= 15 is 0 Å². The highest BCUT2D eigenvalue weighted by atomic mass is 32.2. The number of thioether (sulfide) groups is 1. The molecule has 0 bridgehead atoms. The van der Waals surface area contributed by atoms with Crippen molar-refractivity contribution in [2.45, 2.75) is 17.3 Å². The highest BCUT2D eigenvalue weighted by Crippen LogP contribution is 2.29. The van der Waals surface area contributed by atoms with Crippen LogP contribution in [0.25, 0.3) is 10.2 Å². The van der Waals surface area contributed by atoms with Gasteiger partial charge in [0.1, 0.15) is 0 Å². The van der Waals surface area contributed by atoms with Gasteiger partial charge in [-0.2, -0.15) is 0 Å². The lowest BCUT2D eigenvalue weighted by atomic mass is 10.2. The van der Waals surface area contributed by atoms with Crippen LogP contribution in [0.1, 0.15) is 18.7 Å². The first-order valence-electron chi connectivity index (χ1n) is 6.91. The Morgan fingerprint density at radius 3 is 2.86 bits per heavy atom. The molecule has 112 valence electrons. The van der Waals surface area contributed by atoms with Crippen LogP contribution in [0.15, 0.2) is 53.0 Å². The maximum absolute atomic E-state index is 12.0. The molecule has 2 heterocycles. The van der Waals surface area contributed by atoms with Crippen LogP contribution < -0.4 is 5.32 Å². The molecule has 0 spiro atoms. The van der Waals surface area contributed by atoms with Crippen LogP contribution >= 0.6 is 23.1 Å². The van der Waals surface area contributed by atoms with Gasteiger partial charge in [-0.25, -0.2) is 4.98 Å². The lowest BCUT2D eigenvalue weighted by Gasteiger charge is -2.12. The zero-order valence-corrected chi connectivity index (χ0v) is 13.7. The number of thiazole rings is 1. The van der Waals surface area contributed by atoms with E-state index in [4.69, 9.17) is 0 Å². The quantitative estimate of drug-likeness (QED) is 0.726. The molecule has 1 aromatic carbocycles. The number of para-hydroxylation sites is 1. The molecule has 22 heavy (non-hydrogen) atoms. The topological polar surface area (TPSA) is 54.9 Å². The molecule has 0 fully saturated rings. The predicted molar refractivity (Wildman–Crippen MR) is 91.1 cm³/mol. The maximum atomic E-state index is 12.0. The molecule has 1 amide bonds. The highest BCUT2D eigenvalue weighted by molar-refractivity contribution is 8.01. The number of hydrogen-bond acceptors (Lipinski definition) is 5. The number of carbonyl (C=O) groups is 1. The molecular weight excluding hydrogens is 314 g/mol. The SMILES string of the molecule is CC(NC(=O)CSc1nc2ccccc2s1)c1ccccn1. The molecule has 0 aliphatic carbocycles. The number of nitrogens with zero attached hydrogens (tertiary/aromatic N) is 2. The number of aromatic nitrogens is 2. The molecule has 1 atom stereocenters. The molecule has 0 radical (unpaired) electrons. The van der Waals surface area contributed by atoms with E-state index in [0.717, 1.165) is 20.3 Å². The lowest BCUT2D eigenvalue weighted by molar-refractivity contribution is -0.119. The number of rotatable bonds is 5. The molecule has 6 heteroatoms. The first-order valence-corrected chi connectivity index (χ1v) is 8.71. The monoisotopic (exact) mass is 329 g/mol. The van der Waals surface area contributed by atoms with Crippen LogP contribution in [0.5, 0.6) is 0 Å². The van der Waals surface area contributed by atoms with Gasteiger partial charge in [-0.3, -0.25) is 9.78 Å². The van der Waals surface area contributed by atoms with Crippen molar-refractivity contribution >= 4 is 39.2 Å². The Kier molecular flexibility index (Phi) is 4.70. The fraction of sp³-hybridized carbons (Fsp3) is 0.188. The van der Waals surface area contributed by atoms with Crippen LogP contribution in [0.4, 0.5) is 0 Å². The van der Waals surface area contributed by atoms with E-state index in [1.807, 2.05) is 49.4 Å². The molecule has 0 aliphatic rings. The number of amides is 1. The van der Waals surface area contributed by atoms with Gasteiger partial charge in [-0.15, -0.1) is 11.3 Å². The van der Waals surface area contributed by atoms with Crippen molar-refractivity contribution < 1.29 is 4.79 Å². The Bertz CT molecular complexity index is 740. The standard InChI is InChI=1S/C16H15N3OS2/c1-11(12-6-4-5-9-17-12)18-15(20)10-21-16-19-13-7-2-3-8-14(13)22-16/h2-9,11H,10H2,1H3,(H,18,20). The number of carbonyl (C=O) groups excluding carboxylic acids is 1. The van der Waals surface area contributed by atoms with Gasteiger partial charge in [0, 0.05) is 6.20 Å². The van der Waals surface area contributed by atoms with E-state index in [1.165, 1.54) is 11.8 Å². The normalized spacial score (nSPS) is 12.2. The Morgan fingerprint density at radius 2 is 2.09 bits per heavy atom. The Labute approximate surface area is 137 Å². The third kappa shape index (κ3) is 3.64. The minimum absolute atomic E-state index is 0.0117. The van der Waals surface area contributed by atoms with Gasteiger partial charge in [0.25, 0.3) is 0 Å². The molecule has 1 unspecified atom stereocenters. The molecule has 0 saturated heterocycles. The molecular formula is C16H15N3OS2. The summed E-state index contributed by atoms with van der Waals surface area (Å²) >= 11 is 3.08. The van der Waals surface area contributed by atoms with Crippen LogP contribution in [0.2, 0.25) is 0 Å². The zero-order chi connectivity index (χ0) is 15.4. The van der Waals surface area contributed by atoms with E-state index in [9.17, 15) is 4.79 Å². The van der Waals surface area contributed by atoms with E-state index < -0.39 is 0 Å². The van der Waals surface area contributed by atoms with Crippen LogP contribution in [-0.4, -0.2) is 21.6 Å². The van der Waals surface area contributed by atoms with Gasteiger partial charge < -0.3 is 5.32 Å². The summed E-state index contributed by atoms with van der Waals surface area (Å²) in [5, 5.41) is 2.95. The smallest absolute Gasteiger partial charge is 0.230 e. The van der Waals surface area contributed by atoms with Crippen molar-refractivity contribution in [1.29, 1.82) is 0 Å². The lowest BCUT2D eigenvalue weighted by Crippen LogP contribution is -2.28. The second-order valence-corrected chi connectivity index (χ2v) is 7.03. The second-order valence-electron chi connectivity index (χ2n) is 4.78. The fourth-order valence-corrected chi connectivity index (χ4v) is 3.91. The summed E-state index contributed by atoms with van der Waals surface area (Å²) in [6.45, 7) is 1.93. The van der Waals surface area contributed by atoms with Gasteiger partial charge in [-0.1, -0.05) is 30.0 Å². The number of fused-ring (bicyclic) bond motifs is 1. The van der Waals surface area contributed by atoms with Crippen molar-refractivity contribution in [3.63, 3.8) is 0 Å². The molecule has 0 saturated carbocycles. The number of pyridine rings is 1. The van der Waals surface area contributed by atoms with Crippen LogP contribution in [0.3, 0.4) is 0 Å². The van der Waals surface area contributed by atoms with E-state index in [2.05, 4.69) is 15.3 Å². The summed E-state index contributed by atoms with van der Waals surface area (Å²) in [4.78, 5) is 20.8. The van der Waals surface area contributed by atoms with Gasteiger partial charge in [0.2, 0.25) is 5.91 Å². The van der Waals surface area contributed by atoms with Crippen LogP contribution in [0, 0.1) is 0 Å². The fourth-order valence-electron chi connectivity index (χ4n) is 2.03. The van der Waals surface area contributed by atoms with Crippen molar-refractivity contribution in [2.75, 3.05) is 5.75 Å². The minimum Gasteiger partial charge on any atom is -0.347 e. The van der Waals surface area contributed by atoms with E-state index in [0.29, 0.717) is 5.75 Å². The van der Waals surface area contributed by atoms with E-state index in [-0.39, 0.29) is 11.9 Å².